The van der Waals surface area contributed by atoms with Gasteiger partial charge in [-0.25, -0.2) is 4.98 Å². The van der Waals surface area contributed by atoms with Gasteiger partial charge >= 0.3 is 0 Å². The maximum atomic E-state index is 12.8. The topological polar surface area (TPSA) is 43.6 Å². The molecule has 0 N–H and O–H groups in total. The number of unbranched alkanes of at least 4 members (excludes halogenated alkanes) is 1. The van der Waals surface area contributed by atoms with E-state index in [1.807, 2.05) is 27.7 Å². The van der Waals surface area contributed by atoms with Gasteiger partial charge in [-0.1, -0.05) is 24.9 Å². The van der Waals surface area contributed by atoms with E-state index in [4.69, 9.17) is 16.3 Å². The van der Waals surface area contributed by atoms with Gasteiger partial charge in [0.05, 0.1) is 11.1 Å². The van der Waals surface area contributed by atoms with E-state index in [0.717, 1.165) is 36.1 Å². The fraction of sp³-hybridized carbons (Fsp3) is 0.529. The summed E-state index contributed by atoms with van der Waals surface area (Å²) in [6.45, 7) is 9.76. The number of pyridine rings is 1. The highest BCUT2D eigenvalue weighted by Gasteiger charge is 2.17. The summed E-state index contributed by atoms with van der Waals surface area (Å²) >= 11 is 6.28. The van der Waals surface area contributed by atoms with Gasteiger partial charge in [-0.15, -0.1) is 0 Å². The SMILES string of the molecule is CCCCc1c(C)nc2c(OC(C)C)c(C)c(Cl)cn2c1=O. The van der Waals surface area contributed by atoms with Crippen LogP contribution in [0.4, 0.5) is 0 Å². The molecule has 4 nitrogen and oxygen atoms in total. The van der Waals surface area contributed by atoms with Crippen molar-refractivity contribution in [3.63, 3.8) is 0 Å². The molecule has 2 aromatic rings. The first-order valence-electron chi connectivity index (χ1n) is 7.74. The summed E-state index contributed by atoms with van der Waals surface area (Å²) in [7, 11) is 0. The Bertz CT molecular complexity index is 751. The average Bonchev–Trinajstić information content (AvgIpc) is 2.45. The van der Waals surface area contributed by atoms with Gasteiger partial charge < -0.3 is 4.74 Å². The van der Waals surface area contributed by atoms with Crippen molar-refractivity contribution >= 4 is 17.2 Å². The normalized spacial score (nSPS) is 11.4. The third kappa shape index (κ3) is 3.12. The van der Waals surface area contributed by atoms with Crippen LogP contribution in [0.3, 0.4) is 0 Å². The number of hydrogen-bond acceptors (Lipinski definition) is 3. The molecule has 0 radical (unpaired) electrons. The fourth-order valence-corrected chi connectivity index (χ4v) is 2.64. The molecule has 22 heavy (non-hydrogen) atoms. The van der Waals surface area contributed by atoms with Crippen LogP contribution in [0.1, 0.15) is 50.4 Å². The second-order valence-corrected chi connectivity index (χ2v) is 6.28. The number of hydrogen-bond donors (Lipinski definition) is 0. The molecule has 0 unspecified atom stereocenters. The van der Waals surface area contributed by atoms with E-state index in [1.165, 1.54) is 4.40 Å². The molecule has 0 aliphatic heterocycles. The lowest BCUT2D eigenvalue weighted by atomic mass is 10.1. The number of rotatable bonds is 5. The van der Waals surface area contributed by atoms with E-state index in [1.54, 1.807) is 6.20 Å². The Morgan fingerprint density at radius 3 is 2.64 bits per heavy atom. The van der Waals surface area contributed by atoms with E-state index in [2.05, 4.69) is 11.9 Å². The molecule has 2 heterocycles. The highest BCUT2D eigenvalue weighted by molar-refractivity contribution is 6.31. The zero-order valence-electron chi connectivity index (χ0n) is 13.9. The van der Waals surface area contributed by atoms with Crippen LogP contribution in [-0.4, -0.2) is 15.5 Å². The lowest BCUT2D eigenvalue weighted by molar-refractivity contribution is 0.242. The number of aromatic nitrogens is 2. The van der Waals surface area contributed by atoms with Crippen molar-refractivity contribution in [2.75, 3.05) is 0 Å². The highest BCUT2D eigenvalue weighted by Crippen LogP contribution is 2.30. The molecule has 2 aromatic heterocycles. The minimum Gasteiger partial charge on any atom is -0.487 e. The van der Waals surface area contributed by atoms with E-state index in [0.29, 0.717) is 16.4 Å². The minimum atomic E-state index is -0.0496. The zero-order valence-corrected chi connectivity index (χ0v) is 14.6. The third-order valence-corrected chi connectivity index (χ3v) is 4.07. The maximum Gasteiger partial charge on any atom is 0.261 e. The highest BCUT2D eigenvalue weighted by atomic mass is 35.5. The molecule has 0 aromatic carbocycles. The Morgan fingerprint density at radius 1 is 1.36 bits per heavy atom. The van der Waals surface area contributed by atoms with Crippen molar-refractivity contribution < 1.29 is 4.74 Å². The Labute approximate surface area is 136 Å². The molecule has 0 fully saturated rings. The summed E-state index contributed by atoms with van der Waals surface area (Å²) in [5, 5.41) is 0.511. The first kappa shape index (κ1) is 16.8. The Balaban J connectivity index is 2.76. The van der Waals surface area contributed by atoms with Crippen LogP contribution in [0.15, 0.2) is 11.0 Å². The third-order valence-electron chi connectivity index (χ3n) is 3.69. The molecule has 5 heteroatoms. The van der Waals surface area contributed by atoms with E-state index in [9.17, 15) is 4.79 Å². The van der Waals surface area contributed by atoms with Crippen LogP contribution < -0.4 is 10.3 Å². The molecule has 0 aliphatic rings. The van der Waals surface area contributed by atoms with Gasteiger partial charge in [0.15, 0.2) is 11.4 Å². The van der Waals surface area contributed by atoms with Gasteiger partial charge in [0.25, 0.3) is 5.56 Å². The molecule has 120 valence electrons. The fourth-order valence-electron chi connectivity index (χ4n) is 2.46. The quantitative estimate of drug-likeness (QED) is 0.832. The predicted octanol–water partition coefficient (Wildman–Crippen LogP) is 4.09. The van der Waals surface area contributed by atoms with Gasteiger partial charge in [-0.3, -0.25) is 9.20 Å². The molecule has 0 atom stereocenters. The molecule has 0 saturated heterocycles. The lowest BCUT2D eigenvalue weighted by Crippen LogP contribution is -2.23. The standard InChI is InChI=1S/C17H23ClN2O2/c1-6-7-8-13-12(5)19-16-15(22-10(2)3)11(4)14(18)9-20(16)17(13)21/h9-10H,6-8H2,1-5H3. The van der Waals surface area contributed by atoms with Gasteiger partial charge in [0.2, 0.25) is 0 Å². The van der Waals surface area contributed by atoms with Gasteiger partial charge in [-0.05, 0) is 40.5 Å². The van der Waals surface area contributed by atoms with Crippen molar-refractivity contribution in [1.29, 1.82) is 0 Å². The van der Waals surface area contributed by atoms with Crippen LogP contribution in [0.2, 0.25) is 5.02 Å². The van der Waals surface area contributed by atoms with Crippen LogP contribution in [0, 0.1) is 13.8 Å². The first-order valence-corrected chi connectivity index (χ1v) is 8.12. The van der Waals surface area contributed by atoms with Crippen LogP contribution in [0.25, 0.3) is 5.65 Å². The molecule has 2 rings (SSSR count). The summed E-state index contributed by atoms with van der Waals surface area (Å²) in [5.41, 5.74) is 2.83. The molecule has 0 aliphatic carbocycles. The zero-order chi connectivity index (χ0) is 16.4. The van der Waals surface area contributed by atoms with Crippen LogP contribution >= 0.6 is 11.6 Å². The number of fused-ring (bicyclic) bond motifs is 1. The van der Waals surface area contributed by atoms with Crippen molar-refractivity contribution in [3.05, 3.63) is 38.4 Å². The number of ether oxygens (including phenoxy) is 1. The second-order valence-electron chi connectivity index (χ2n) is 5.88. The van der Waals surface area contributed by atoms with E-state index in [-0.39, 0.29) is 11.7 Å². The largest absolute Gasteiger partial charge is 0.487 e. The van der Waals surface area contributed by atoms with Crippen molar-refractivity contribution in [1.82, 2.24) is 9.38 Å². The predicted molar refractivity (Wildman–Crippen MR) is 90.3 cm³/mol. The first-order chi connectivity index (χ1) is 10.4. The summed E-state index contributed by atoms with van der Waals surface area (Å²) in [6, 6.07) is 0. The van der Waals surface area contributed by atoms with Gasteiger partial charge in [0, 0.05) is 23.0 Å². The lowest BCUT2D eigenvalue weighted by Gasteiger charge is -2.17. The average molecular weight is 323 g/mol. The molecule has 0 saturated carbocycles. The van der Waals surface area contributed by atoms with Gasteiger partial charge in [0.1, 0.15) is 0 Å². The Morgan fingerprint density at radius 2 is 2.05 bits per heavy atom. The van der Waals surface area contributed by atoms with Gasteiger partial charge in [-0.2, -0.15) is 0 Å². The van der Waals surface area contributed by atoms with Crippen LogP contribution in [-0.2, 0) is 6.42 Å². The Kier molecular flexibility index (Phi) is 5.12. The summed E-state index contributed by atoms with van der Waals surface area (Å²) in [6.07, 6.45) is 4.38. The molecule has 0 spiro atoms. The number of aryl methyl sites for hydroxylation is 1. The molecular weight excluding hydrogens is 300 g/mol. The number of nitrogens with zero attached hydrogens (tertiary/aromatic N) is 2. The summed E-state index contributed by atoms with van der Waals surface area (Å²) < 4.78 is 7.38. The van der Waals surface area contributed by atoms with Crippen molar-refractivity contribution in [2.24, 2.45) is 0 Å². The summed E-state index contributed by atoms with van der Waals surface area (Å²) in [5.74, 6) is 0.588. The van der Waals surface area contributed by atoms with Crippen molar-refractivity contribution in [3.8, 4) is 5.75 Å². The molecule has 0 bridgehead atoms. The second kappa shape index (κ2) is 6.69. The Hall–Kier alpha value is -1.55. The maximum absolute atomic E-state index is 12.8. The van der Waals surface area contributed by atoms with Crippen LogP contribution in [0.5, 0.6) is 5.75 Å². The summed E-state index contributed by atoms with van der Waals surface area (Å²) in [4.78, 5) is 17.4. The minimum absolute atomic E-state index is 0.0158. The molecule has 0 amide bonds. The van der Waals surface area contributed by atoms with E-state index >= 15 is 0 Å². The van der Waals surface area contributed by atoms with Crippen molar-refractivity contribution in [2.45, 2.75) is 60.0 Å². The smallest absolute Gasteiger partial charge is 0.261 e. The van der Waals surface area contributed by atoms with E-state index < -0.39 is 0 Å². The number of halogens is 1. The molecular formula is C17H23ClN2O2. The monoisotopic (exact) mass is 322 g/mol.